The van der Waals surface area contributed by atoms with Gasteiger partial charge in [0.05, 0.1) is 0 Å². The summed E-state index contributed by atoms with van der Waals surface area (Å²) < 4.78 is 0. The van der Waals surface area contributed by atoms with Crippen LogP contribution in [0.5, 0.6) is 0 Å². The predicted octanol–water partition coefficient (Wildman–Crippen LogP) is -3.31. The molecule has 0 bridgehead atoms. The van der Waals surface area contributed by atoms with E-state index in [1.807, 2.05) is 0 Å². The number of aliphatic hydroxyl groups is 10. The van der Waals surface area contributed by atoms with Gasteiger partial charge in [-0.15, -0.1) is 0 Å². The highest BCUT2D eigenvalue weighted by molar-refractivity contribution is 6.30. The van der Waals surface area contributed by atoms with Gasteiger partial charge in [0, 0.05) is 10.4 Å². The second-order valence-electron chi connectivity index (χ2n) is 7.66. The lowest BCUT2D eigenvalue weighted by Gasteiger charge is -2.63. The molecule has 0 heterocycles. The fourth-order valence-corrected chi connectivity index (χ4v) is 4.28. The first-order valence-corrected chi connectivity index (χ1v) is 8.95. The van der Waals surface area contributed by atoms with Gasteiger partial charge in [0.15, 0.2) is 5.72 Å². The average Bonchev–Trinajstić information content (AvgIpc) is 2.51. The fraction of sp³-hybridized carbons (Fsp3) is 0.647. The summed E-state index contributed by atoms with van der Waals surface area (Å²) in [5.74, 6) is -13.8. The van der Waals surface area contributed by atoms with E-state index in [9.17, 15) is 51.1 Å². The molecule has 0 amide bonds. The number of likely N-dealkylation sites (N-methyl/N-ethyl adjacent to an activating group) is 1. The molecule has 0 aromatic heterocycles. The van der Waals surface area contributed by atoms with Crippen LogP contribution in [0, 0.1) is 0 Å². The molecule has 1 aromatic carbocycles. The van der Waals surface area contributed by atoms with Gasteiger partial charge in [-0.3, -0.25) is 4.90 Å². The number of rotatable bonds is 7. The zero-order valence-corrected chi connectivity index (χ0v) is 16.5. The molecular weight excluding hydrogens is 414 g/mol. The summed E-state index contributed by atoms with van der Waals surface area (Å²) in [4.78, 5) is 0.767. The van der Waals surface area contributed by atoms with Gasteiger partial charge >= 0.3 is 11.9 Å². The first kappa shape index (κ1) is 24.3. The minimum atomic E-state index is -4.72. The first-order chi connectivity index (χ1) is 12.9. The van der Waals surface area contributed by atoms with Gasteiger partial charge in [0.1, 0.15) is 0 Å². The Balaban J connectivity index is 2.83. The third-order valence-corrected chi connectivity index (χ3v) is 6.13. The zero-order valence-electron chi connectivity index (χ0n) is 15.7. The maximum absolute atomic E-state index is 11.5. The Bertz CT molecular complexity index is 722. The predicted molar refractivity (Wildman–Crippen MR) is 96.5 cm³/mol. The third-order valence-electron chi connectivity index (χ3n) is 5.88. The fourth-order valence-electron chi connectivity index (χ4n) is 4.16. The van der Waals surface area contributed by atoms with Crippen LogP contribution in [0.2, 0.25) is 5.02 Å². The van der Waals surface area contributed by atoms with Crippen molar-refractivity contribution in [2.24, 2.45) is 0 Å². The molecule has 1 atom stereocenters. The number of benzene rings is 1. The van der Waals surface area contributed by atoms with E-state index in [-0.39, 0.29) is 18.4 Å². The van der Waals surface area contributed by atoms with Crippen LogP contribution in [0.25, 0.3) is 0 Å². The van der Waals surface area contributed by atoms with Crippen LogP contribution in [0.4, 0.5) is 0 Å². The minimum absolute atomic E-state index is 0.0623. The summed E-state index contributed by atoms with van der Waals surface area (Å²) in [6.07, 6.45) is 0.581. The van der Waals surface area contributed by atoms with Crippen LogP contribution in [0.3, 0.4) is 0 Å². The SMILES string of the molecule is CN(C)C(O)(C1(c2ccc(Cl)cc2)CCC1)C(O)(O)C(O)(C(O)(O)O)C(O)(O)O. The highest BCUT2D eigenvalue weighted by Gasteiger charge is 2.83. The molecule has 12 heteroatoms. The molecule has 1 aliphatic rings. The van der Waals surface area contributed by atoms with E-state index >= 15 is 0 Å². The Labute approximate surface area is 170 Å². The molecular formula is C17H26ClNO10. The van der Waals surface area contributed by atoms with Crippen LogP contribution in [0.1, 0.15) is 24.8 Å². The van der Waals surface area contributed by atoms with Crippen LogP contribution >= 0.6 is 11.6 Å². The van der Waals surface area contributed by atoms with E-state index in [2.05, 4.69) is 0 Å². The molecule has 10 N–H and O–H groups in total. The lowest BCUT2D eigenvalue weighted by Crippen LogP contribution is -2.89. The summed E-state index contributed by atoms with van der Waals surface area (Å²) >= 11 is 5.87. The minimum Gasteiger partial charge on any atom is -0.371 e. The van der Waals surface area contributed by atoms with Crippen molar-refractivity contribution in [2.45, 2.75) is 53.7 Å². The molecule has 2 rings (SSSR count). The molecule has 29 heavy (non-hydrogen) atoms. The van der Waals surface area contributed by atoms with Crippen molar-refractivity contribution in [3.05, 3.63) is 34.9 Å². The lowest BCUT2D eigenvalue weighted by atomic mass is 9.53. The van der Waals surface area contributed by atoms with Gasteiger partial charge < -0.3 is 51.1 Å². The molecule has 1 unspecified atom stereocenters. The van der Waals surface area contributed by atoms with Crippen molar-refractivity contribution in [1.29, 1.82) is 0 Å². The Kier molecular flexibility index (Phi) is 5.92. The van der Waals surface area contributed by atoms with Crippen LogP contribution in [0.15, 0.2) is 24.3 Å². The molecule has 1 saturated carbocycles. The Hall–Kier alpha value is -0.930. The summed E-state index contributed by atoms with van der Waals surface area (Å²) in [5, 5.41) is 101. The third kappa shape index (κ3) is 3.10. The van der Waals surface area contributed by atoms with Crippen LogP contribution in [-0.4, -0.2) is 99.1 Å². The van der Waals surface area contributed by atoms with Crippen molar-refractivity contribution in [3.8, 4) is 0 Å². The highest BCUT2D eigenvalue weighted by atomic mass is 35.5. The van der Waals surface area contributed by atoms with E-state index < -0.39 is 34.5 Å². The summed E-state index contributed by atoms with van der Waals surface area (Å²) in [5.41, 5.74) is -9.21. The second kappa shape index (κ2) is 7.05. The first-order valence-electron chi connectivity index (χ1n) is 8.57. The van der Waals surface area contributed by atoms with Crippen molar-refractivity contribution < 1.29 is 51.1 Å². The van der Waals surface area contributed by atoms with Gasteiger partial charge in [-0.05, 0) is 44.6 Å². The summed E-state index contributed by atoms with van der Waals surface area (Å²) in [6, 6.07) is 5.77. The molecule has 1 aliphatic carbocycles. The smallest absolute Gasteiger partial charge is 0.320 e. The number of hydrogen-bond acceptors (Lipinski definition) is 11. The quantitative estimate of drug-likeness (QED) is 0.190. The maximum Gasteiger partial charge on any atom is 0.320 e. The van der Waals surface area contributed by atoms with E-state index in [0.717, 1.165) is 19.0 Å². The zero-order chi connectivity index (χ0) is 22.7. The normalized spacial score (nSPS) is 20.3. The molecule has 1 aromatic rings. The monoisotopic (exact) mass is 439 g/mol. The molecule has 0 aliphatic heterocycles. The Morgan fingerprint density at radius 1 is 0.793 bits per heavy atom. The number of halogens is 1. The molecule has 11 nitrogen and oxygen atoms in total. The van der Waals surface area contributed by atoms with Crippen LogP contribution < -0.4 is 0 Å². The maximum atomic E-state index is 11.5. The molecule has 0 radical (unpaired) electrons. The van der Waals surface area contributed by atoms with E-state index in [0.29, 0.717) is 11.4 Å². The highest BCUT2D eigenvalue weighted by Crippen LogP contribution is 2.58. The van der Waals surface area contributed by atoms with E-state index in [1.54, 1.807) is 0 Å². The molecule has 1 fully saturated rings. The molecule has 0 saturated heterocycles. The Morgan fingerprint density at radius 3 is 1.48 bits per heavy atom. The van der Waals surface area contributed by atoms with Crippen molar-refractivity contribution in [2.75, 3.05) is 14.1 Å². The van der Waals surface area contributed by atoms with Gasteiger partial charge in [-0.2, -0.15) is 0 Å². The van der Waals surface area contributed by atoms with Gasteiger partial charge in [-0.25, -0.2) is 0 Å². The van der Waals surface area contributed by atoms with Crippen molar-refractivity contribution in [1.82, 2.24) is 4.90 Å². The van der Waals surface area contributed by atoms with Gasteiger partial charge in [0.25, 0.3) is 11.4 Å². The van der Waals surface area contributed by atoms with Crippen LogP contribution in [-0.2, 0) is 5.41 Å². The molecule has 166 valence electrons. The standard InChI is InChI=1S/C17H26ClNO10/c1-19(2)14(21,12(8-3-9-12)10-4-6-11(18)7-5-10)15(22,23)13(20,16(24,25)26)17(27,28)29/h4-7,20-29H,3,8-9H2,1-2H3. The van der Waals surface area contributed by atoms with Gasteiger partial charge in [-0.1, -0.05) is 30.2 Å². The number of nitrogens with zero attached hydrogens (tertiary/aromatic N) is 1. The van der Waals surface area contributed by atoms with Gasteiger partial charge in [0.2, 0.25) is 0 Å². The van der Waals surface area contributed by atoms with Crippen molar-refractivity contribution >= 4 is 11.6 Å². The number of hydrogen-bond donors (Lipinski definition) is 10. The topological polar surface area (TPSA) is 206 Å². The Morgan fingerprint density at radius 2 is 1.21 bits per heavy atom. The largest absolute Gasteiger partial charge is 0.371 e. The van der Waals surface area contributed by atoms with Crippen molar-refractivity contribution in [3.63, 3.8) is 0 Å². The lowest BCUT2D eigenvalue weighted by molar-refractivity contribution is -0.565. The van der Waals surface area contributed by atoms with E-state index in [1.165, 1.54) is 24.3 Å². The summed E-state index contributed by atoms with van der Waals surface area (Å²) in [6.45, 7) is 0. The van der Waals surface area contributed by atoms with E-state index in [4.69, 9.17) is 11.6 Å². The summed E-state index contributed by atoms with van der Waals surface area (Å²) in [7, 11) is 2.25. The average molecular weight is 440 g/mol. The second-order valence-corrected chi connectivity index (χ2v) is 8.10. The molecule has 0 spiro atoms.